The van der Waals surface area contributed by atoms with Crippen LogP contribution in [-0.2, 0) is 15.8 Å². The van der Waals surface area contributed by atoms with E-state index in [1.54, 1.807) is 79.7 Å². The molecule has 4 aromatic carbocycles. The molecule has 0 aliphatic carbocycles. The smallest absolute Gasteiger partial charge is 0.324 e. The number of alkyl halides is 3. The van der Waals surface area contributed by atoms with Crippen LogP contribution in [0.25, 0.3) is 6.08 Å². The number of nitrogens with one attached hydrogen (secondary N) is 3. The van der Waals surface area contributed by atoms with Gasteiger partial charge in [0.05, 0.1) is 21.5 Å². The summed E-state index contributed by atoms with van der Waals surface area (Å²) in [6, 6.07) is 22.4. The number of carbonyl (C=O) groups excluding carboxylic acids is 3. The van der Waals surface area contributed by atoms with Crippen molar-refractivity contribution in [1.82, 2.24) is 5.32 Å². The summed E-state index contributed by atoms with van der Waals surface area (Å²) >= 11 is 19.8. The van der Waals surface area contributed by atoms with Crippen molar-refractivity contribution in [2.75, 3.05) is 10.6 Å². The third-order valence-corrected chi connectivity index (χ3v) is 8.75. The first-order valence-corrected chi connectivity index (χ1v) is 15.6. The van der Waals surface area contributed by atoms with Crippen LogP contribution in [-0.4, -0.2) is 23.0 Å². The summed E-state index contributed by atoms with van der Waals surface area (Å²) in [5.74, 6) is -1.76. The molecule has 0 spiro atoms. The summed E-state index contributed by atoms with van der Waals surface area (Å²) in [4.78, 5) is 40.1. The lowest BCUT2D eigenvalue weighted by Crippen LogP contribution is -2.30. The molecular formula is C33H25Cl3F3N3O3S. The van der Waals surface area contributed by atoms with Crippen LogP contribution in [0.4, 0.5) is 24.5 Å². The summed E-state index contributed by atoms with van der Waals surface area (Å²) in [5, 5.41) is 7.64. The lowest BCUT2D eigenvalue weighted by molar-refractivity contribution is -0.137. The van der Waals surface area contributed by atoms with Gasteiger partial charge in [-0.25, -0.2) is 0 Å². The Morgan fingerprint density at radius 1 is 0.826 bits per heavy atom. The molecule has 3 amide bonds. The first kappa shape index (κ1) is 34.9. The Balaban J connectivity index is 1.53. The molecule has 4 aromatic rings. The number of hydrogen-bond donors (Lipinski definition) is 3. The van der Waals surface area contributed by atoms with Crippen LogP contribution < -0.4 is 16.0 Å². The number of halogens is 6. The Morgan fingerprint density at radius 3 is 2.15 bits per heavy atom. The average molecular weight is 707 g/mol. The lowest BCUT2D eigenvalue weighted by Gasteiger charge is -2.17. The van der Waals surface area contributed by atoms with Gasteiger partial charge >= 0.3 is 6.18 Å². The predicted molar refractivity (Wildman–Crippen MR) is 178 cm³/mol. The molecule has 0 saturated heterocycles. The van der Waals surface area contributed by atoms with E-state index in [1.165, 1.54) is 6.08 Å². The van der Waals surface area contributed by atoms with E-state index in [1.807, 2.05) is 0 Å². The Hall–Kier alpha value is -3.96. The van der Waals surface area contributed by atoms with Crippen molar-refractivity contribution in [2.24, 2.45) is 0 Å². The van der Waals surface area contributed by atoms with Crippen molar-refractivity contribution in [1.29, 1.82) is 0 Å². The van der Waals surface area contributed by atoms with Gasteiger partial charge in [0.2, 0.25) is 5.91 Å². The molecule has 238 valence electrons. The molecule has 0 aromatic heterocycles. The zero-order valence-electron chi connectivity index (χ0n) is 23.9. The van der Waals surface area contributed by atoms with Crippen LogP contribution in [0.5, 0.6) is 0 Å². The van der Waals surface area contributed by atoms with E-state index in [0.29, 0.717) is 28.1 Å². The molecule has 13 heteroatoms. The SMILES string of the molecule is CCC(Sc1cccc(NC(=O)/C(=C\c2c(Cl)cccc2Cl)NC(=O)c2ccccc2)c1)C(=O)Nc1cc(C(F)(F)F)ccc1Cl. The Morgan fingerprint density at radius 2 is 1.50 bits per heavy atom. The zero-order chi connectivity index (χ0) is 33.4. The highest BCUT2D eigenvalue weighted by Crippen LogP contribution is 2.35. The number of rotatable bonds is 10. The monoisotopic (exact) mass is 705 g/mol. The zero-order valence-corrected chi connectivity index (χ0v) is 27.0. The summed E-state index contributed by atoms with van der Waals surface area (Å²) in [6.07, 6.45) is -2.90. The van der Waals surface area contributed by atoms with E-state index < -0.39 is 34.7 Å². The molecule has 0 aliphatic heterocycles. The van der Waals surface area contributed by atoms with E-state index in [-0.39, 0.29) is 26.5 Å². The second-order valence-electron chi connectivity index (χ2n) is 9.69. The van der Waals surface area contributed by atoms with Gasteiger partial charge in [-0.15, -0.1) is 11.8 Å². The quantitative estimate of drug-likeness (QED) is 0.113. The largest absolute Gasteiger partial charge is 0.416 e. The van der Waals surface area contributed by atoms with Crippen LogP contribution in [0.1, 0.15) is 34.8 Å². The van der Waals surface area contributed by atoms with Gasteiger partial charge in [-0.05, 0) is 73.2 Å². The van der Waals surface area contributed by atoms with Gasteiger partial charge in [-0.3, -0.25) is 14.4 Å². The average Bonchev–Trinajstić information content (AvgIpc) is 3.02. The fourth-order valence-corrected chi connectivity index (χ4v) is 5.76. The first-order valence-electron chi connectivity index (χ1n) is 13.6. The standard InChI is InChI=1S/C33H25Cl3F3N3O3S/c1-2-29(32(45)41-27-16-20(33(37,38)39)14-15-26(27)36)46-22-11-6-10-21(17-22)40-31(44)28(18-23-24(34)12-7-13-25(23)35)42-30(43)19-8-4-3-5-9-19/h3-18,29H,2H2,1H3,(H,40,44)(H,41,45)(H,42,43)/b28-18+. The highest BCUT2D eigenvalue weighted by molar-refractivity contribution is 8.00. The minimum absolute atomic E-state index is 0.0350. The van der Waals surface area contributed by atoms with Gasteiger partial charge < -0.3 is 16.0 Å². The van der Waals surface area contributed by atoms with Crippen molar-refractivity contribution in [3.8, 4) is 0 Å². The molecule has 1 unspecified atom stereocenters. The maximum absolute atomic E-state index is 13.5. The normalized spacial score (nSPS) is 12.3. The number of carbonyl (C=O) groups is 3. The maximum atomic E-state index is 13.5. The maximum Gasteiger partial charge on any atom is 0.416 e. The molecule has 3 N–H and O–H groups in total. The van der Waals surface area contributed by atoms with Gasteiger partial charge in [0, 0.05) is 31.8 Å². The summed E-state index contributed by atoms with van der Waals surface area (Å²) in [5.41, 5.74) is -0.243. The van der Waals surface area contributed by atoms with Crippen LogP contribution in [0.15, 0.2) is 102 Å². The molecule has 0 radical (unpaired) electrons. The molecule has 0 aliphatic rings. The van der Waals surface area contributed by atoms with E-state index in [9.17, 15) is 27.6 Å². The number of benzene rings is 4. The molecular weight excluding hydrogens is 682 g/mol. The van der Waals surface area contributed by atoms with Crippen molar-refractivity contribution >= 4 is 81.7 Å². The number of amides is 3. The molecule has 0 bridgehead atoms. The van der Waals surface area contributed by atoms with Crippen LogP contribution in [0.2, 0.25) is 15.1 Å². The molecule has 46 heavy (non-hydrogen) atoms. The van der Waals surface area contributed by atoms with Gasteiger partial charge in [0.1, 0.15) is 5.70 Å². The van der Waals surface area contributed by atoms with E-state index in [4.69, 9.17) is 34.8 Å². The van der Waals surface area contributed by atoms with Crippen molar-refractivity contribution in [3.63, 3.8) is 0 Å². The van der Waals surface area contributed by atoms with Crippen molar-refractivity contribution in [3.05, 3.63) is 128 Å². The number of thioether (sulfide) groups is 1. The van der Waals surface area contributed by atoms with Gasteiger partial charge in [-0.1, -0.05) is 72.1 Å². The molecule has 4 rings (SSSR count). The fourth-order valence-electron chi connectivity index (χ4n) is 4.08. The molecule has 0 fully saturated rings. The van der Waals surface area contributed by atoms with Crippen molar-refractivity contribution < 1.29 is 27.6 Å². The molecule has 1 atom stereocenters. The molecule has 0 saturated carbocycles. The van der Waals surface area contributed by atoms with E-state index in [0.717, 1.165) is 30.0 Å². The number of anilines is 2. The summed E-state index contributed by atoms with van der Waals surface area (Å²) in [7, 11) is 0. The minimum atomic E-state index is -4.60. The topological polar surface area (TPSA) is 87.3 Å². The van der Waals surface area contributed by atoms with Gasteiger partial charge in [0.15, 0.2) is 0 Å². The minimum Gasteiger partial charge on any atom is -0.324 e. The third kappa shape index (κ3) is 9.29. The molecule has 6 nitrogen and oxygen atoms in total. The highest BCUT2D eigenvalue weighted by Gasteiger charge is 2.31. The summed E-state index contributed by atoms with van der Waals surface area (Å²) < 4.78 is 39.6. The second-order valence-corrected chi connectivity index (χ2v) is 12.2. The summed E-state index contributed by atoms with van der Waals surface area (Å²) in [6.45, 7) is 1.75. The van der Waals surface area contributed by atoms with Crippen LogP contribution in [0, 0.1) is 0 Å². The Kier molecular flexibility index (Phi) is 11.8. The lowest BCUT2D eigenvalue weighted by atomic mass is 10.1. The third-order valence-electron chi connectivity index (χ3n) is 6.40. The second kappa shape index (κ2) is 15.6. The van der Waals surface area contributed by atoms with Crippen LogP contribution in [0.3, 0.4) is 0 Å². The van der Waals surface area contributed by atoms with E-state index in [2.05, 4.69) is 16.0 Å². The van der Waals surface area contributed by atoms with Crippen LogP contribution >= 0.6 is 46.6 Å². The first-order chi connectivity index (χ1) is 21.8. The van der Waals surface area contributed by atoms with E-state index >= 15 is 0 Å². The van der Waals surface area contributed by atoms with Gasteiger partial charge in [0.25, 0.3) is 11.8 Å². The Labute approximate surface area is 282 Å². The fraction of sp³-hybridized carbons (Fsp3) is 0.121. The number of hydrogen-bond acceptors (Lipinski definition) is 4. The van der Waals surface area contributed by atoms with Crippen molar-refractivity contribution in [2.45, 2.75) is 29.7 Å². The molecule has 0 heterocycles. The predicted octanol–water partition coefficient (Wildman–Crippen LogP) is 9.58. The Bertz CT molecular complexity index is 1770. The van der Waals surface area contributed by atoms with Gasteiger partial charge in [-0.2, -0.15) is 13.2 Å². The highest BCUT2D eigenvalue weighted by atomic mass is 35.5.